The minimum Gasteiger partial charge on any atom is -0.455 e. The maximum atomic E-state index is 6.94. The van der Waals surface area contributed by atoms with Crippen molar-refractivity contribution >= 4 is 71.7 Å². The van der Waals surface area contributed by atoms with E-state index < -0.39 is 0 Å². The van der Waals surface area contributed by atoms with E-state index in [9.17, 15) is 0 Å². The van der Waals surface area contributed by atoms with Gasteiger partial charge in [0, 0.05) is 54.7 Å². The molecule has 1 aliphatic carbocycles. The third-order valence-electron chi connectivity index (χ3n) is 12.5. The van der Waals surface area contributed by atoms with Gasteiger partial charge in [0.1, 0.15) is 22.3 Å². The molecule has 2 aromatic heterocycles. The molecule has 0 bridgehead atoms. The van der Waals surface area contributed by atoms with Crippen molar-refractivity contribution < 1.29 is 8.83 Å². The van der Waals surface area contributed by atoms with Gasteiger partial charge in [-0.25, -0.2) is 0 Å². The number of hydrogen-bond donors (Lipinski definition) is 0. The van der Waals surface area contributed by atoms with Gasteiger partial charge in [-0.3, -0.25) is 0 Å². The van der Waals surface area contributed by atoms with E-state index in [0.29, 0.717) is 0 Å². The van der Waals surface area contributed by atoms with Crippen molar-refractivity contribution in [2.24, 2.45) is 0 Å². The minimum absolute atomic E-state index is 0.230. The van der Waals surface area contributed by atoms with Crippen LogP contribution in [0.15, 0.2) is 197 Å². The molecular weight excluding hydrogens is 707 g/mol. The van der Waals surface area contributed by atoms with Gasteiger partial charge >= 0.3 is 0 Å². The van der Waals surface area contributed by atoms with E-state index in [1.165, 1.54) is 27.6 Å². The van der Waals surface area contributed by atoms with Crippen LogP contribution in [0.2, 0.25) is 0 Å². The Bertz CT molecular complexity index is 3440. The summed E-state index contributed by atoms with van der Waals surface area (Å²) in [7, 11) is 0. The fourth-order valence-electron chi connectivity index (χ4n) is 9.81. The standard InChI is InChI=1S/C55H37NO2/c1-55(2)47-24-8-5-16-39(47)42-20-13-26-49(51(42)55)56(36-31-28-35(29-32-36)38-19-11-22-44-41-18-7-10-27-50(41)57-52(38)44)48-25-9-6-17-40(48)43-21-12-23-45-46-33-30-34-14-3-4-15-37(34)53(46)58-54(43)45/h3-33H,1-2H3. The van der Waals surface area contributed by atoms with Gasteiger partial charge in [-0.1, -0.05) is 166 Å². The van der Waals surface area contributed by atoms with E-state index in [1.54, 1.807) is 0 Å². The lowest BCUT2D eigenvalue weighted by atomic mass is 9.81. The fraction of sp³-hybridized carbons (Fsp3) is 0.0545. The van der Waals surface area contributed by atoms with Crippen LogP contribution in [-0.2, 0) is 5.41 Å². The molecule has 9 aromatic carbocycles. The van der Waals surface area contributed by atoms with Crippen LogP contribution in [0.4, 0.5) is 17.1 Å². The minimum atomic E-state index is -0.230. The Morgan fingerprint density at radius 3 is 1.83 bits per heavy atom. The van der Waals surface area contributed by atoms with Crippen molar-refractivity contribution in [2.75, 3.05) is 4.90 Å². The van der Waals surface area contributed by atoms with Gasteiger partial charge in [-0.2, -0.15) is 0 Å². The van der Waals surface area contributed by atoms with E-state index in [2.05, 4.69) is 195 Å². The molecular formula is C55H37NO2. The van der Waals surface area contributed by atoms with E-state index in [-0.39, 0.29) is 5.41 Å². The van der Waals surface area contributed by atoms with Crippen molar-refractivity contribution in [1.82, 2.24) is 0 Å². The lowest BCUT2D eigenvalue weighted by Crippen LogP contribution is -2.21. The Morgan fingerprint density at radius 2 is 0.966 bits per heavy atom. The van der Waals surface area contributed by atoms with Crippen molar-refractivity contribution in [3.8, 4) is 33.4 Å². The topological polar surface area (TPSA) is 29.5 Å². The summed E-state index contributed by atoms with van der Waals surface area (Å²) in [6.07, 6.45) is 0. The summed E-state index contributed by atoms with van der Waals surface area (Å²) in [4.78, 5) is 2.46. The molecule has 0 saturated heterocycles. The number of hydrogen-bond acceptors (Lipinski definition) is 3. The first-order chi connectivity index (χ1) is 28.5. The molecule has 2 heterocycles. The van der Waals surface area contributed by atoms with Crippen molar-refractivity contribution in [1.29, 1.82) is 0 Å². The number of anilines is 3. The molecule has 11 aromatic rings. The predicted octanol–water partition coefficient (Wildman–Crippen LogP) is 15.7. The van der Waals surface area contributed by atoms with E-state index in [1.807, 2.05) is 12.1 Å². The van der Waals surface area contributed by atoms with Gasteiger partial charge in [0.05, 0.1) is 11.4 Å². The summed E-state index contributed by atoms with van der Waals surface area (Å²) in [5.41, 5.74) is 16.3. The molecule has 12 rings (SSSR count). The molecule has 0 atom stereocenters. The summed E-state index contributed by atoms with van der Waals surface area (Å²) in [6.45, 7) is 4.73. The maximum absolute atomic E-state index is 6.94. The Labute approximate surface area is 336 Å². The molecule has 0 unspecified atom stereocenters. The van der Waals surface area contributed by atoms with Gasteiger partial charge in [-0.05, 0) is 69.6 Å². The summed E-state index contributed by atoms with van der Waals surface area (Å²) >= 11 is 0. The molecule has 0 aliphatic heterocycles. The van der Waals surface area contributed by atoms with Crippen LogP contribution in [0.5, 0.6) is 0 Å². The monoisotopic (exact) mass is 743 g/mol. The Morgan fingerprint density at radius 1 is 0.379 bits per heavy atom. The maximum Gasteiger partial charge on any atom is 0.143 e. The molecule has 58 heavy (non-hydrogen) atoms. The number of fused-ring (bicyclic) bond motifs is 11. The second-order valence-corrected chi connectivity index (χ2v) is 16.0. The van der Waals surface area contributed by atoms with E-state index in [4.69, 9.17) is 8.83 Å². The molecule has 3 heteroatoms. The van der Waals surface area contributed by atoms with Crippen molar-refractivity contribution in [2.45, 2.75) is 19.3 Å². The van der Waals surface area contributed by atoms with Gasteiger partial charge in [0.25, 0.3) is 0 Å². The average Bonchev–Trinajstić information content (AvgIpc) is 3.93. The summed E-state index contributed by atoms with van der Waals surface area (Å²) in [6, 6.07) is 67.6. The zero-order valence-electron chi connectivity index (χ0n) is 32.2. The Kier molecular flexibility index (Phi) is 6.98. The zero-order valence-corrected chi connectivity index (χ0v) is 32.2. The first-order valence-corrected chi connectivity index (χ1v) is 20.0. The quantitative estimate of drug-likeness (QED) is 0.176. The first-order valence-electron chi connectivity index (χ1n) is 20.0. The summed E-state index contributed by atoms with van der Waals surface area (Å²) in [5, 5.41) is 6.79. The number of nitrogens with zero attached hydrogens (tertiary/aromatic N) is 1. The lowest BCUT2D eigenvalue weighted by molar-refractivity contribution is 0.660. The summed E-state index contributed by atoms with van der Waals surface area (Å²) < 4.78 is 13.4. The highest BCUT2D eigenvalue weighted by Crippen LogP contribution is 2.55. The van der Waals surface area contributed by atoms with Crippen LogP contribution >= 0.6 is 0 Å². The number of benzene rings is 9. The van der Waals surface area contributed by atoms with Gasteiger partial charge in [0.2, 0.25) is 0 Å². The molecule has 0 N–H and O–H groups in total. The lowest BCUT2D eigenvalue weighted by Gasteiger charge is -2.33. The number of furan rings is 2. The number of para-hydroxylation sites is 4. The first kappa shape index (κ1) is 32.8. The van der Waals surface area contributed by atoms with Crippen LogP contribution in [0, 0.1) is 0 Å². The van der Waals surface area contributed by atoms with Crippen molar-refractivity contribution in [3.63, 3.8) is 0 Å². The number of rotatable bonds is 5. The van der Waals surface area contributed by atoms with Crippen LogP contribution in [0.25, 0.3) is 88.0 Å². The van der Waals surface area contributed by atoms with Crippen LogP contribution < -0.4 is 4.90 Å². The zero-order chi connectivity index (χ0) is 38.5. The van der Waals surface area contributed by atoms with Crippen LogP contribution in [0.1, 0.15) is 25.0 Å². The predicted molar refractivity (Wildman–Crippen MR) is 242 cm³/mol. The molecule has 0 amide bonds. The van der Waals surface area contributed by atoms with Gasteiger partial charge in [0.15, 0.2) is 0 Å². The molecule has 1 aliphatic rings. The molecule has 274 valence electrons. The smallest absolute Gasteiger partial charge is 0.143 e. The summed E-state index contributed by atoms with van der Waals surface area (Å²) in [5.74, 6) is 0. The highest BCUT2D eigenvalue weighted by atomic mass is 16.3. The Hall–Kier alpha value is -7.36. The van der Waals surface area contributed by atoms with Gasteiger partial charge in [-0.15, -0.1) is 0 Å². The molecule has 0 spiro atoms. The van der Waals surface area contributed by atoms with Crippen LogP contribution in [-0.4, -0.2) is 0 Å². The van der Waals surface area contributed by atoms with Gasteiger partial charge < -0.3 is 13.7 Å². The molecule has 0 saturated carbocycles. The molecule has 3 nitrogen and oxygen atoms in total. The SMILES string of the molecule is CC1(C)c2ccccc2-c2cccc(N(c3ccc(-c4cccc5c4oc4ccccc45)cc3)c3ccccc3-c3cccc4c3oc3c5ccccc5ccc43)c21. The highest BCUT2D eigenvalue weighted by Gasteiger charge is 2.39. The normalized spacial score (nSPS) is 13.1. The molecule has 0 fully saturated rings. The average molecular weight is 744 g/mol. The third kappa shape index (κ3) is 4.68. The van der Waals surface area contributed by atoms with Crippen LogP contribution in [0.3, 0.4) is 0 Å². The molecule has 0 radical (unpaired) electrons. The second-order valence-electron chi connectivity index (χ2n) is 16.0. The fourth-order valence-corrected chi connectivity index (χ4v) is 9.81. The van der Waals surface area contributed by atoms with E-state index in [0.717, 1.165) is 88.6 Å². The third-order valence-corrected chi connectivity index (χ3v) is 12.5. The van der Waals surface area contributed by atoms with E-state index >= 15 is 0 Å². The highest BCUT2D eigenvalue weighted by molar-refractivity contribution is 6.18. The Balaban J connectivity index is 1.09. The largest absolute Gasteiger partial charge is 0.455 e. The van der Waals surface area contributed by atoms with Crippen molar-refractivity contribution in [3.05, 3.63) is 199 Å². The second kappa shape index (κ2) is 12.3.